The van der Waals surface area contributed by atoms with Crippen LogP contribution in [0.25, 0.3) is 5.70 Å². The number of benzene rings is 2. The van der Waals surface area contributed by atoms with E-state index in [-0.39, 0.29) is 16.4 Å². The van der Waals surface area contributed by atoms with Gasteiger partial charge in [-0.05, 0) is 11.6 Å². The third-order valence-electron chi connectivity index (χ3n) is 5.77. The highest BCUT2D eigenvalue weighted by atomic mass is 35.5. The molecule has 8 heteroatoms. The van der Waals surface area contributed by atoms with Crippen molar-refractivity contribution in [2.75, 3.05) is 5.32 Å². The molecule has 1 atom stereocenters. The van der Waals surface area contributed by atoms with Gasteiger partial charge in [0.2, 0.25) is 0 Å². The van der Waals surface area contributed by atoms with Crippen LogP contribution < -0.4 is 16.6 Å². The fourth-order valence-corrected chi connectivity index (χ4v) is 4.73. The van der Waals surface area contributed by atoms with E-state index in [4.69, 9.17) is 23.2 Å². The molecule has 0 bridgehead atoms. The number of nitrogens with zero attached hydrogens (tertiary/aromatic N) is 2. The number of ketones is 1. The number of anilines is 1. The van der Waals surface area contributed by atoms with Crippen molar-refractivity contribution < 1.29 is 4.79 Å². The molecule has 0 fully saturated rings. The van der Waals surface area contributed by atoms with Gasteiger partial charge in [-0.15, -0.1) is 0 Å². The zero-order chi connectivity index (χ0) is 21.3. The van der Waals surface area contributed by atoms with Gasteiger partial charge in [0, 0.05) is 30.8 Å². The standard InChI is InChI=1S/C22H15Cl2N3O3/c1-26-20-16(21(29)27(2)22(26)30)14(12-8-5-9-13(23)17(12)24)15-18(25-20)10-6-3-4-7-11(10)19(15)28/h3-9,14,25H,1-2H3/t14-/m0/s1. The molecule has 5 rings (SSSR count). The number of nitrogens with one attached hydrogen (secondary N) is 1. The van der Waals surface area contributed by atoms with Crippen molar-refractivity contribution in [1.29, 1.82) is 0 Å². The third kappa shape index (κ3) is 2.35. The summed E-state index contributed by atoms with van der Waals surface area (Å²) in [6, 6.07) is 12.3. The Bertz CT molecular complexity index is 1430. The lowest BCUT2D eigenvalue weighted by molar-refractivity contribution is 0.103. The Labute approximate surface area is 181 Å². The van der Waals surface area contributed by atoms with Crippen LogP contribution in [-0.4, -0.2) is 14.9 Å². The first kappa shape index (κ1) is 18.9. The van der Waals surface area contributed by atoms with Crippen LogP contribution in [0.4, 0.5) is 5.82 Å². The molecule has 150 valence electrons. The number of aromatic nitrogens is 2. The number of hydrogen-bond acceptors (Lipinski definition) is 4. The van der Waals surface area contributed by atoms with E-state index in [1.807, 2.05) is 12.1 Å². The van der Waals surface area contributed by atoms with E-state index in [0.29, 0.717) is 33.2 Å². The summed E-state index contributed by atoms with van der Waals surface area (Å²) >= 11 is 12.8. The van der Waals surface area contributed by atoms with Crippen LogP contribution in [0.5, 0.6) is 0 Å². The van der Waals surface area contributed by atoms with Gasteiger partial charge in [0.15, 0.2) is 5.78 Å². The van der Waals surface area contributed by atoms with Gasteiger partial charge >= 0.3 is 5.69 Å². The smallest absolute Gasteiger partial charge is 0.332 e. The Morgan fingerprint density at radius 2 is 1.60 bits per heavy atom. The quantitative estimate of drug-likeness (QED) is 0.628. The van der Waals surface area contributed by atoms with Crippen molar-refractivity contribution >= 4 is 40.5 Å². The molecule has 2 aliphatic rings. The van der Waals surface area contributed by atoms with Gasteiger partial charge in [-0.1, -0.05) is 59.6 Å². The van der Waals surface area contributed by atoms with E-state index in [1.165, 1.54) is 11.6 Å². The number of Topliss-reactive ketones (excluding diaryl/α,β-unsaturated/α-hetero) is 1. The average molecular weight is 440 g/mol. The van der Waals surface area contributed by atoms with Crippen molar-refractivity contribution in [1.82, 2.24) is 9.13 Å². The maximum absolute atomic E-state index is 13.4. The molecule has 6 nitrogen and oxygen atoms in total. The molecule has 0 saturated carbocycles. The second kappa shape index (κ2) is 6.45. The molecule has 0 radical (unpaired) electrons. The lowest BCUT2D eigenvalue weighted by atomic mass is 9.81. The van der Waals surface area contributed by atoms with Gasteiger partial charge in [0.1, 0.15) is 5.82 Å². The lowest BCUT2D eigenvalue weighted by Crippen LogP contribution is -2.42. The number of allylic oxidation sites excluding steroid dienone is 1. The van der Waals surface area contributed by atoms with Gasteiger partial charge in [0.25, 0.3) is 5.56 Å². The first-order valence-electron chi connectivity index (χ1n) is 9.22. The molecule has 0 amide bonds. The number of rotatable bonds is 1. The average Bonchev–Trinajstić information content (AvgIpc) is 3.04. The second-order valence-corrected chi connectivity index (χ2v) is 8.12. The van der Waals surface area contributed by atoms with Gasteiger partial charge in [-0.25, -0.2) is 4.79 Å². The van der Waals surface area contributed by atoms with Crippen molar-refractivity contribution in [3.8, 4) is 0 Å². The normalized spacial score (nSPS) is 16.8. The van der Waals surface area contributed by atoms with Crippen LogP contribution in [0, 0.1) is 0 Å². The predicted octanol–water partition coefficient (Wildman–Crippen LogP) is 3.56. The molecular weight excluding hydrogens is 425 g/mol. The minimum absolute atomic E-state index is 0.185. The Hall–Kier alpha value is -3.09. The molecule has 1 aromatic heterocycles. The summed E-state index contributed by atoms with van der Waals surface area (Å²) in [6.45, 7) is 0. The highest BCUT2D eigenvalue weighted by Gasteiger charge is 2.43. The van der Waals surface area contributed by atoms with Gasteiger partial charge in [-0.3, -0.25) is 18.7 Å². The topological polar surface area (TPSA) is 73.1 Å². The van der Waals surface area contributed by atoms with Crippen molar-refractivity contribution in [2.24, 2.45) is 14.1 Å². The summed E-state index contributed by atoms with van der Waals surface area (Å²) in [5.41, 5.74) is 2.11. The third-order valence-corrected chi connectivity index (χ3v) is 6.60. The molecule has 1 N–H and O–H groups in total. The van der Waals surface area contributed by atoms with Crippen LogP contribution in [0.1, 0.15) is 33.0 Å². The summed E-state index contributed by atoms with van der Waals surface area (Å²) in [7, 11) is 3.00. The highest BCUT2D eigenvalue weighted by molar-refractivity contribution is 6.42. The van der Waals surface area contributed by atoms with Crippen LogP contribution in [-0.2, 0) is 14.1 Å². The minimum Gasteiger partial charge on any atom is -0.340 e. The van der Waals surface area contributed by atoms with Crippen LogP contribution in [0.3, 0.4) is 0 Å². The molecular formula is C22H15Cl2N3O3. The van der Waals surface area contributed by atoms with E-state index in [1.54, 1.807) is 37.4 Å². The number of fused-ring (bicyclic) bond motifs is 3. The van der Waals surface area contributed by atoms with Gasteiger partial charge in [0.05, 0.1) is 27.2 Å². The maximum Gasteiger partial charge on any atom is 0.332 e. The van der Waals surface area contributed by atoms with Crippen molar-refractivity contribution in [2.45, 2.75) is 5.92 Å². The zero-order valence-electron chi connectivity index (χ0n) is 16.0. The van der Waals surface area contributed by atoms with Crippen LogP contribution >= 0.6 is 23.2 Å². The fourth-order valence-electron chi connectivity index (χ4n) is 4.31. The molecule has 2 aromatic carbocycles. The minimum atomic E-state index is -0.771. The van der Waals surface area contributed by atoms with E-state index in [9.17, 15) is 14.4 Å². The summed E-state index contributed by atoms with van der Waals surface area (Å²) in [5.74, 6) is -0.615. The highest BCUT2D eigenvalue weighted by Crippen LogP contribution is 2.49. The summed E-state index contributed by atoms with van der Waals surface area (Å²) < 4.78 is 2.40. The zero-order valence-corrected chi connectivity index (χ0v) is 17.5. The van der Waals surface area contributed by atoms with Gasteiger partial charge in [-0.2, -0.15) is 0 Å². The van der Waals surface area contributed by atoms with Crippen LogP contribution in [0.15, 0.2) is 57.6 Å². The monoisotopic (exact) mass is 439 g/mol. The second-order valence-electron chi connectivity index (χ2n) is 7.33. The van der Waals surface area contributed by atoms with E-state index >= 15 is 0 Å². The fraction of sp³-hybridized carbons (Fsp3) is 0.136. The number of hydrogen-bond donors (Lipinski definition) is 1. The first-order valence-corrected chi connectivity index (χ1v) is 9.97. The maximum atomic E-state index is 13.4. The molecule has 30 heavy (non-hydrogen) atoms. The molecule has 0 saturated heterocycles. The lowest BCUT2D eigenvalue weighted by Gasteiger charge is -2.30. The number of carbonyl (C=O) groups excluding carboxylic acids is 1. The molecule has 0 spiro atoms. The van der Waals surface area contributed by atoms with Gasteiger partial charge < -0.3 is 5.32 Å². The van der Waals surface area contributed by atoms with E-state index in [0.717, 1.165) is 10.1 Å². The molecule has 2 heterocycles. The molecule has 3 aromatic rings. The summed E-state index contributed by atoms with van der Waals surface area (Å²) in [5, 5.41) is 3.78. The van der Waals surface area contributed by atoms with Crippen molar-refractivity contribution in [3.63, 3.8) is 0 Å². The Kier molecular flexibility index (Phi) is 4.07. The Balaban J connectivity index is 1.93. The van der Waals surface area contributed by atoms with Crippen molar-refractivity contribution in [3.05, 3.63) is 101 Å². The van der Waals surface area contributed by atoms with Crippen LogP contribution in [0.2, 0.25) is 10.0 Å². The summed E-state index contributed by atoms with van der Waals surface area (Å²) in [4.78, 5) is 39.2. The summed E-state index contributed by atoms with van der Waals surface area (Å²) in [6.07, 6.45) is 0. The largest absolute Gasteiger partial charge is 0.340 e. The number of halogens is 2. The first-order chi connectivity index (χ1) is 14.3. The predicted molar refractivity (Wildman–Crippen MR) is 117 cm³/mol. The number of carbonyl (C=O) groups is 1. The SMILES string of the molecule is Cn1c2c(c(=O)n(C)c1=O)[C@@H](c1cccc(Cl)c1Cl)C1=C(N2)c2ccccc2C1=O. The molecule has 1 aliphatic heterocycles. The Morgan fingerprint density at radius 1 is 0.900 bits per heavy atom. The molecule has 1 aliphatic carbocycles. The Morgan fingerprint density at radius 3 is 2.33 bits per heavy atom. The van der Waals surface area contributed by atoms with E-state index in [2.05, 4.69) is 5.32 Å². The molecule has 0 unspecified atom stereocenters. The van der Waals surface area contributed by atoms with E-state index < -0.39 is 17.2 Å².